The molecule has 0 aromatic heterocycles. The van der Waals surface area contributed by atoms with Crippen molar-refractivity contribution in [3.63, 3.8) is 0 Å². The smallest absolute Gasteiger partial charge is 0.420 e. The Labute approximate surface area is 209 Å². The first-order valence-electron chi connectivity index (χ1n) is 11.7. The molecule has 1 aliphatic carbocycles. The number of piperidine rings is 1. The Balaban J connectivity index is 1.88. The second kappa shape index (κ2) is 10.8. The third-order valence-electron chi connectivity index (χ3n) is 6.95. The number of amides is 3. The van der Waals surface area contributed by atoms with Gasteiger partial charge in [-0.3, -0.25) is 9.59 Å². The molecule has 0 bridgehead atoms. The molecule has 1 saturated heterocycles. The van der Waals surface area contributed by atoms with Crippen molar-refractivity contribution in [2.75, 3.05) is 11.5 Å². The summed E-state index contributed by atoms with van der Waals surface area (Å²) in [7, 11) is 0. The summed E-state index contributed by atoms with van der Waals surface area (Å²) in [5.41, 5.74) is 2.02. The van der Waals surface area contributed by atoms with E-state index in [1.54, 1.807) is 25.1 Å². The molecule has 0 radical (unpaired) electrons. The molecule has 1 heterocycles. The van der Waals surface area contributed by atoms with Gasteiger partial charge in [0, 0.05) is 22.4 Å². The molecule has 2 fully saturated rings. The van der Waals surface area contributed by atoms with Crippen molar-refractivity contribution in [3.8, 4) is 0 Å². The zero-order valence-electron chi connectivity index (χ0n) is 19.0. The van der Waals surface area contributed by atoms with E-state index >= 15 is 0 Å². The molecular weight excluding hydrogens is 475 g/mol. The number of rotatable bonds is 6. The highest BCUT2D eigenvalue weighted by Crippen LogP contribution is 2.51. The Morgan fingerprint density at radius 3 is 2.56 bits per heavy atom. The number of nitrogens with zero attached hydrogens (tertiary/aromatic N) is 1. The van der Waals surface area contributed by atoms with Crippen LogP contribution in [0.3, 0.4) is 0 Å². The zero-order valence-corrected chi connectivity index (χ0v) is 20.5. The molecule has 4 rings (SSSR count). The van der Waals surface area contributed by atoms with Gasteiger partial charge in [0.25, 0.3) is 0 Å². The van der Waals surface area contributed by atoms with Crippen LogP contribution < -0.4 is 10.2 Å². The van der Waals surface area contributed by atoms with Crippen LogP contribution in [0.1, 0.15) is 62.1 Å². The molecule has 1 unspecified atom stereocenters. The summed E-state index contributed by atoms with van der Waals surface area (Å²) in [6.07, 6.45) is 4.44. The van der Waals surface area contributed by atoms with Crippen LogP contribution >= 0.6 is 23.2 Å². The number of imide groups is 1. The van der Waals surface area contributed by atoms with Gasteiger partial charge in [-0.1, -0.05) is 67.1 Å². The minimum atomic E-state index is -0.766. The van der Waals surface area contributed by atoms with Crippen molar-refractivity contribution >= 4 is 47.3 Å². The Bertz CT molecular complexity index is 1070. The highest BCUT2D eigenvalue weighted by molar-refractivity contribution is 6.31. The van der Waals surface area contributed by atoms with Crippen LogP contribution in [0, 0.1) is 11.8 Å². The normalized spacial score (nSPS) is 22.8. The minimum absolute atomic E-state index is 0.00808. The fourth-order valence-electron chi connectivity index (χ4n) is 5.56. The fourth-order valence-corrected chi connectivity index (χ4v) is 5.92. The van der Waals surface area contributed by atoms with Crippen molar-refractivity contribution in [3.05, 3.63) is 63.6 Å². The first-order valence-corrected chi connectivity index (χ1v) is 12.4. The Hall–Kier alpha value is -2.57. The summed E-state index contributed by atoms with van der Waals surface area (Å²) < 4.78 is 5.13. The predicted molar refractivity (Wildman–Crippen MR) is 132 cm³/mol. The molecule has 2 aromatic rings. The number of halogens is 2. The molecule has 1 aliphatic heterocycles. The van der Waals surface area contributed by atoms with E-state index in [1.165, 1.54) is 0 Å². The Morgan fingerprint density at radius 2 is 1.88 bits per heavy atom. The number of hydrogen-bond donors (Lipinski definition) is 1. The van der Waals surface area contributed by atoms with Crippen molar-refractivity contribution in [1.82, 2.24) is 5.32 Å². The maximum atomic E-state index is 12.9. The number of nitrogens with one attached hydrogen (secondary N) is 1. The number of carbonyl (C=O) groups is 3. The Morgan fingerprint density at radius 1 is 1.15 bits per heavy atom. The largest absolute Gasteiger partial charge is 0.449 e. The van der Waals surface area contributed by atoms with Gasteiger partial charge in [-0.2, -0.15) is 0 Å². The summed E-state index contributed by atoms with van der Waals surface area (Å²) in [5, 5.41) is 4.13. The predicted octanol–water partition coefficient (Wildman–Crippen LogP) is 6.26. The van der Waals surface area contributed by atoms with Crippen molar-refractivity contribution in [2.24, 2.45) is 11.8 Å². The van der Waals surface area contributed by atoms with E-state index in [2.05, 4.69) is 5.32 Å². The summed E-state index contributed by atoms with van der Waals surface area (Å²) in [6, 6.07) is 12.3. The minimum Gasteiger partial charge on any atom is -0.449 e. The van der Waals surface area contributed by atoms with Gasteiger partial charge in [-0.05, 0) is 54.2 Å². The van der Waals surface area contributed by atoms with Gasteiger partial charge in [0.05, 0.1) is 18.3 Å². The summed E-state index contributed by atoms with van der Waals surface area (Å²) in [5.74, 6) is 0.207. The molecule has 180 valence electrons. The molecule has 2 aliphatic rings. The molecule has 1 N–H and O–H groups in total. The Kier molecular flexibility index (Phi) is 7.79. The van der Waals surface area contributed by atoms with Crippen LogP contribution in [0.2, 0.25) is 10.0 Å². The zero-order chi connectivity index (χ0) is 24.2. The van der Waals surface area contributed by atoms with Crippen LogP contribution in [0.5, 0.6) is 0 Å². The van der Waals surface area contributed by atoms with Crippen LogP contribution in [0.4, 0.5) is 10.5 Å². The summed E-state index contributed by atoms with van der Waals surface area (Å²) in [6.45, 7) is 1.82. The van der Waals surface area contributed by atoms with Gasteiger partial charge in [0.15, 0.2) is 0 Å². The second-order valence-corrected chi connectivity index (χ2v) is 9.79. The van der Waals surface area contributed by atoms with Crippen molar-refractivity contribution in [1.29, 1.82) is 0 Å². The number of hydrogen-bond acceptors (Lipinski definition) is 4. The lowest BCUT2D eigenvalue weighted by Crippen LogP contribution is -2.45. The fraction of sp³-hybridized carbons (Fsp3) is 0.423. The van der Waals surface area contributed by atoms with E-state index in [0.717, 1.165) is 41.7 Å². The third-order valence-corrected chi connectivity index (χ3v) is 7.42. The quantitative estimate of drug-likeness (QED) is 0.472. The SMILES string of the molecule is CCOC(=O)N(C=O)c1cc(Cl)ccc1C1[C@@H](C2CCCC2)CC(=O)N[C@@H]1c1cccc(Cl)c1. The molecule has 8 heteroatoms. The number of ether oxygens (including phenoxy) is 1. The van der Waals surface area contributed by atoms with Gasteiger partial charge in [0.1, 0.15) is 0 Å². The lowest BCUT2D eigenvalue weighted by atomic mass is 9.68. The highest BCUT2D eigenvalue weighted by atomic mass is 35.5. The van der Waals surface area contributed by atoms with Gasteiger partial charge >= 0.3 is 6.09 Å². The monoisotopic (exact) mass is 502 g/mol. The molecule has 6 nitrogen and oxygen atoms in total. The standard InChI is InChI=1S/C26H28Cl2N2O4/c1-2-34-26(33)30(15-31)22-13-19(28)10-11-20(22)24-21(16-6-3-4-7-16)14-23(32)29-25(24)17-8-5-9-18(27)12-17/h5,8-13,15-16,21,24-25H,2-4,6-7,14H2,1H3,(H,29,32)/t21-,24?,25-/m1/s1. The van der Waals surface area contributed by atoms with Crippen LogP contribution in [0.15, 0.2) is 42.5 Å². The van der Waals surface area contributed by atoms with Crippen molar-refractivity contribution in [2.45, 2.75) is 51.0 Å². The van der Waals surface area contributed by atoms with E-state index in [1.807, 2.05) is 24.3 Å². The molecule has 34 heavy (non-hydrogen) atoms. The summed E-state index contributed by atoms with van der Waals surface area (Å²) in [4.78, 5) is 38.6. The van der Waals surface area contributed by atoms with Crippen LogP contribution in [-0.4, -0.2) is 25.0 Å². The van der Waals surface area contributed by atoms with Crippen LogP contribution in [-0.2, 0) is 14.3 Å². The maximum absolute atomic E-state index is 12.9. The molecule has 3 atom stereocenters. The average molecular weight is 503 g/mol. The summed E-state index contributed by atoms with van der Waals surface area (Å²) >= 11 is 12.6. The average Bonchev–Trinajstić information content (AvgIpc) is 3.35. The molecule has 0 spiro atoms. The molecule has 2 aromatic carbocycles. The third kappa shape index (κ3) is 5.08. The van der Waals surface area contributed by atoms with Gasteiger partial charge < -0.3 is 10.1 Å². The van der Waals surface area contributed by atoms with E-state index in [-0.39, 0.29) is 30.4 Å². The second-order valence-electron chi connectivity index (χ2n) is 8.92. The van der Waals surface area contributed by atoms with Gasteiger partial charge in [-0.15, -0.1) is 0 Å². The lowest BCUT2D eigenvalue weighted by Gasteiger charge is -2.43. The first-order chi connectivity index (χ1) is 16.4. The van der Waals surface area contributed by atoms with E-state index in [4.69, 9.17) is 27.9 Å². The number of carbonyl (C=O) groups excluding carboxylic acids is 3. The van der Waals surface area contributed by atoms with Crippen molar-refractivity contribution < 1.29 is 19.1 Å². The molecular formula is C26H28Cl2N2O4. The lowest BCUT2D eigenvalue weighted by molar-refractivity contribution is -0.126. The number of benzene rings is 2. The van der Waals surface area contributed by atoms with E-state index < -0.39 is 6.09 Å². The molecule has 1 saturated carbocycles. The van der Waals surface area contributed by atoms with E-state index in [0.29, 0.717) is 34.5 Å². The van der Waals surface area contributed by atoms with Gasteiger partial charge in [0.2, 0.25) is 12.3 Å². The van der Waals surface area contributed by atoms with E-state index in [9.17, 15) is 14.4 Å². The maximum Gasteiger partial charge on any atom is 0.420 e. The highest BCUT2D eigenvalue weighted by Gasteiger charge is 2.44. The van der Waals surface area contributed by atoms with Crippen LogP contribution in [0.25, 0.3) is 0 Å². The number of anilines is 1. The van der Waals surface area contributed by atoms with Gasteiger partial charge in [-0.25, -0.2) is 9.69 Å². The topological polar surface area (TPSA) is 75.7 Å². The molecule has 3 amide bonds. The first kappa shape index (κ1) is 24.6.